The molecule has 1 fully saturated rings. The van der Waals surface area contributed by atoms with Crippen molar-refractivity contribution in [3.05, 3.63) is 46.4 Å². The molecule has 3 heterocycles. The van der Waals surface area contributed by atoms with Gasteiger partial charge in [-0.25, -0.2) is 0 Å². The number of rotatable bonds is 4. The van der Waals surface area contributed by atoms with E-state index in [-0.39, 0.29) is 30.7 Å². The van der Waals surface area contributed by atoms with E-state index in [9.17, 15) is 18.4 Å². The summed E-state index contributed by atoms with van der Waals surface area (Å²) in [5.74, 6) is -3.94. The predicted molar refractivity (Wildman–Crippen MR) is 96.4 cm³/mol. The maximum atomic E-state index is 13.2. The number of halogens is 3. The molecular formula is C17H15ClF2N6O2. The fourth-order valence-corrected chi connectivity index (χ4v) is 3.27. The van der Waals surface area contributed by atoms with Crippen LogP contribution in [-0.4, -0.2) is 56.2 Å². The normalized spacial score (nSPS) is 14.9. The molecule has 0 spiro atoms. The summed E-state index contributed by atoms with van der Waals surface area (Å²) >= 11 is 6.26. The van der Waals surface area contributed by atoms with Crippen molar-refractivity contribution in [2.45, 2.75) is 18.9 Å². The quantitative estimate of drug-likeness (QED) is 0.615. The number of nitrogens with zero attached hydrogens (tertiary/aromatic N) is 3. The average molecular weight is 409 g/mol. The van der Waals surface area contributed by atoms with Crippen LogP contribution >= 0.6 is 11.6 Å². The largest absolute Gasteiger partial charge is 0.346 e. The SMILES string of the molecule is CC(F)(F)c1cc(C(=O)N2CC(NC(=O)c3ccc4[nH]ncc4c3Cl)C2)n[nH]1. The van der Waals surface area contributed by atoms with E-state index in [4.69, 9.17) is 11.6 Å². The van der Waals surface area contributed by atoms with Gasteiger partial charge in [-0.3, -0.25) is 19.8 Å². The first kappa shape index (κ1) is 18.4. The van der Waals surface area contributed by atoms with Crippen LogP contribution < -0.4 is 5.32 Å². The molecule has 8 nitrogen and oxygen atoms in total. The van der Waals surface area contributed by atoms with Gasteiger partial charge in [0.15, 0.2) is 5.69 Å². The van der Waals surface area contributed by atoms with E-state index >= 15 is 0 Å². The smallest absolute Gasteiger partial charge is 0.286 e. The predicted octanol–water partition coefficient (Wildman–Crippen LogP) is 2.31. The van der Waals surface area contributed by atoms with E-state index in [0.29, 0.717) is 16.0 Å². The van der Waals surface area contributed by atoms with Crippen molar-refractivity contribution in [3.63, 3.8) is 0 Å². The molecule has 1 aromatic carbocycles. The van der Waals surface area contributed by atoms with Crippen molar-refractivity contribution in [2.24, 2.45) is 0 Å². The number of nitrogens with one attached hydrogen (secondary N) is 3. The first-order valence-electron chi connectivity index (χ1n) is 8.39. The van der Waals surface area contributed by atoms with Gasteiger partial charge in [0.2, 0.25) is 0 Å². The van der Waals surface area contributed by atoms with Crippen molar-refractivity contribution in [1.29, 1.82) is 0 Å². The molecule has 146 valence electrons. The van der Waals surface area contributed by atoms with Gasteiger partial charge >= 0.3 is 0 Å². The van der Waals surface area contributed by atoms with Crippen LogP contribution in [0.5, 0.6) is 0 Å². The Balaban J connectivity index is 1.37. The van der Waals surface area contributed by atoms with Crippen LogP contribution in [0, 0.1) is 0 Å². The summed E-state index contributed by atoms with van der Waals surface area (Å²) in [6.45, 7) is 1.22. The van der Waals surface area contributed by atoms with Gasteiger partial charge in [-0.1, -0.05) is 11.6 Å². The highest BCUT2D eigenvalue weighted by Crippen LogP contribution is 2.27. The third-order valence-corrected chi connectivity index (χ3v) is 4.98. The number of aromatic amines is 2. The molecule has 2 amide bonds. The third-order valence-electron chi connectivity index (χ3n) is 4.58. The summed E-state index contributed by atoms with van der Waals surface area (Å²) in [6, 6.07) is 4.07. The second-order valence-corrected chi connectivity index (χ2v) is 7.07. The third kappa shape index (κ3) is 3.19. The zero-order valence-electron chi connectivity index (χ0n) is 14.6. The lowest BCUT2D eigenvalue weighted by Gasteiger charge is -2.39. The number of amides is 2. The fourth-order valence-electron chi connectivity index (χ4n) is 2.98. The number of hydrogen-bond donors (Lipinski definition) is 3. The topological polar surface area (TPSA) is 107 Å². The lowest BCUT2D eigenvalue weighted by molar-refractivity contribution is 0.0127. The molecule has 11 heteroatoms. The summed E-state index contributed by atoms with van der Waals surface area (Å²) in [5.41, 5.74) is 0.515. The minimum Gasteiger partial charge on any atom is -0.346 e. The van der Waals surface area contributed by atoms with Crippen molar-refractivity contribution in [1.82, 2.24) is 30.6 Å². The zero-order chi connectivity index (χ0) is 20.1. The van der Waals surface area contributed by atoms with Crippen LogP contribution in [0.2, 0.25) is 5.02 Å². The van der Waals surface area contributed by atoms with Crippen molar-refractivity contribution >= 4 is 34.3 Å². The molecule has 0 radical (unpaired) electrons. The first-order chi connectivity index (χ1) is 13.2. The molecule has 2 aromatic heterocycles. The average Bonchev–Trinajstić information content (AvgIpc) is 3.26. The summed E-state index contributed by atoms with van der Waals surface area (Å²) < 4.78 is 26.5. The van der Waals surface area contributed by atoms with Crippen molar-refractivity contribution < 1.29 is 18.4 Å². The fraction of sp³-hybridized carbons (Fsp3) is 0.294. The molecular weight excluding hydrogens is 394 g/mol. The van der Waals surface area contributed by atoms with E-state index in [0.717, 1.165) is 18.5 Å². The van der Waals surface area contributed by atoms with Gasteiger partial charge in [0.25, 0.3) is 17.7 Å². The molecule has 3 aromatic rings. The highest BCUT2D eigenvalue weighted by Gasteiger charge is 2.35. The van der Waals surface area contributed by atoms with E-state index in [1.54, 1.807) is 12.1 Å². The highest BCUT2D eigenvalue weighted by atomic mass is 35.5. The van der Waals surface area contributed by atoms with Crippen molar-refractivity contribution in [3.8, 4) is 0 Å². The van der Waals surface area contributed by atoms with Gasteiger partial charge in [0.05, 0.1) is 28.3 Å². The number of fused-ring (bicyclic) bond motifs is 1. The number of alkyl halides is 2. The number of hydrogen-bond acceptors (Lipinski definition) is 4. The van der Waals surface area contributed by atoms with Crippen LogP contribution in [0.3, 0.4) is 0 Å². The Morgan fingerprint density at radius 3 is 2.75 bits per heavy atom. The first-order valence-corrected chi connectivity index (χ1v) is 8.77. The van der Waals surface area contributed by atoms with E-state index < -0.39 is 17.5 Å². The Morgan fingerprint density at radius 1 is 1.32 bits per heavy atom. The van der Waals surface area contributed by atoms with Gasteiger partial charge in [-0.05, 0) is 18.2 Å². The molecule has 4 rings (SSSR count). The standard InChI is InChI=1S/C17H15ClF2N6O2/c1-17(19,20)13-4-12(24-25-13)16(28)26-6-8(7-26)22-15(27)9-2-3-11-10(14(9)18)5-21-23-11/h2-5,8H,6-7H2,1H3,(H,21,23)(H,22,27)(H,24,25). The Bertz CT molecular complexity index is 1070. The van der Waals surface area contributed by atoms with Crippen LogP contribution in [0.15, 0.2) is 24.4 Å². The molecule has 1 saturated heterocycles. The molecule has 28 heavy (non-hydrogen) atoms. The molecule has 0 atom stereocenters. The highest BCUT2D eigenvalue weighted by molar-refractivity contribution is 6.38. The molecule has 1 aliphatic heterocycles. The second-order valence-electron chi connectivity index (χ2n) is 6.69. The lowest BCUT2D eigenvalue weighted by Crippen LogP contribution is -2.61. The van der Waals surface area contributed by atoms with Gasteiger partial charge in [-0.2, -0.15) is 19.0 Å². The zero-order valence-corrected chi connectivity index (χ0v) is 15.3. The molecule has 1 aliphatic rings. The van der Waals surface area contributed by atoms with Crippen molar-refractivity contribution in [2.75, 3.05) is 13.1 Å². The maximum Gasteiger partial charge on any atom is 0.286 e. The Kier molecular flexibility index (Phi) is 4.30. The molecule has 0 aliphatic carbocycles. The lowest BCUT2D eigenvalue weighted by atomic mass is 10.1. The monoisotopic (exact) mass is 408 g/mol. The maximum absolute atomic E-state index is 13.2. The van der Waals surface area contributed by atoms with Crippen LogP contribution in [-0.2, 0) is 5.92 Å². The molecule has 0 bridgehead atoms. The second kappa shape index (κ2) is 6.55. The summed E-state index contributed by atoms with van der Waals surface area (Å²) in [6.07, 6.45) is 1.54. The minimum absolute atomic E-state index is 0.0882. The summed E-state index contributed by atoms with van der Waals surface area (Å²) in [7, 11) is 0. The number of aromatic nitrogens is 4. The summed E-state index contributed by atoms with van der Waals surface area (Å²) in [5, 5.41) is 16.2. The van der Waals surface area contributed by atoms with E-state index in [1.807, 2.05) is 0 Å². The van der Waals surface area contributed by atoms with Gasteiger partial charge in [0, 0.05) is 25.4 Å². The number of H-pyrrole nitrogens is 2. The Labute approximate surface area is 162 Å². The Hall–Kier alpha value is -3.01. The minimum atomic E-state index is -3.10. The summed E-state index contributed by atoms with van der Waals surface area (Å²) in [4.78, 5) is 26.2. The number of likely N-dealkylation sites (tertiary alicyclic amines) is 1. The number of benzene rings is 1. The number of carbonyl (C=O) groups excluding carboxylic acids is 2. The molecule has 0 unspecified atom stereocenters. The van der Waals surface area contributed by atoms with Gasteiger partial charge in [-0.15, -0.1) is 0 Å². The van der Waals surface area contributed by atoms with Gasteiger partial charge < -0.3 is 10.2 Å². The number of carbonyl (C=O) groups is 2. The van der Waals surface area contributed by atoms with E-state index in [2.05, 4.69) is 25.7 Å². The molecule has 0 saturated carbocycles. The van der Waals surface area contributed by atoms with E-state index in [1.165, 1.54) is 11.1 Å². The Morgan fingerprint density at radius 2 is 2.07 bits per heavy atom. The van der Waals surface area contributed by atoms with Crippen LogP contribution in [0.4, 0.5) is 8.78 Å². The van der Waals surface area contributed by atoms with Crippen LogP contribution in [0.25, 0.3) is 10.9 Å². The van der Waals surface area contributed by atoms with Crippen LogP contribution in [0.1, 0.15) is 33.5 Å². The molecule has 3 N–H and O–H groups in total. The van der Waals surface area contributed by atoms with Gasteiger partial charge in [0.1, 0.15) is 5.69 Å².